The number of hydrogen-bond acceptors (Lipinski definition) is 2. The Morgan fingerprint density at radius 1 is 1.42 bits per heavy atom. The van der Waals surface area contributed by atoms with Gasteiger partial charge in [-0.3, -0.25) is 0 Å². The average Bonchev–Trinajstić information content (AvgIpc) is 2.09. The molecule has 1 aromatic rings. The van der Waals surface area contributed by atoms with Gasteiger partial charge in [-0.1, -0.05) is 6.92 Å². The van der Waals surface area contributed by atoms with E-state index >= 15 is 0 Å². The summed E-state index contributed by atoms with van der Waals surface area (Å²) in [5.41, 5.74) is 2.38. The summed E-state index contributed by atoms with van der Waals surface area (Å²) >= 11 is 4.35. The van der Waals surface area contributed by atoms with Crippen molar-refractivity contribution in [3.63, 3.8) is 0 Å². The zero-order valence-corrected chi connectivity index (χ0v) is 8.61. The molecule has 0 amide bonds. The van der Waals surface area contributed by atoms with Crippen LogP contribution in [0.2, 0.25) is 0 Å². The number of benzene rings is 1. The second-order valence-electron chi connectivity index (χ2n) is 2.80. The summed E-state index contributed by atoms with van der Waals surface area (Å²) in [5, 5.41) is 0. The van der Waals surface area contributed by atoms with Crippen LogP contribution in [0.5, 0.6) is 5.75 Å². The van der Waals surface area contributed by atoms with Gasteiger partial charge in [-0.15, -0.1) is 12.6 Å². The fourth-order valence-corrected chi connectivity index (χ4v) is 1.40. The topological polar surface area (TPSA) is 9.23 Å². The van der Waals surface area contributed by atoms with Crippen molar-refractivity contribution >= 4 is 12.6 Å². The smallest absolute Gasteiger partial charge is 0.122 e. The SMILES string of the molecule is CCc1cc(S)c(C)cc1OC. The van der Waals surface area contributed by atoms with Gasteiger partial charge in [0.15, 0.2) is 0 Å². The molecule has 0 saturated carbocycles. The van der Waals surface area contributed by atoms with Gasteiger partial charge in [0.1, 0.15) is 5.75 Å². The Morgan fingerprint density at radius 2 is 2.08 bits per heavy atom. The lowest BCUT2D eigenvalue weighted by Crippen LogP contribution is -1.92. The first-order valence-corrected chi connectivity index (χ1v) is 4.50. The summed E-state index contributed by atoms with van der Waals surface area (Å²) in [5.74, 6) is 0.966. The lowest BCUT2D eigenvalue weighted by Gasteiger charge is -2.09. The summed E-state index contributed by atoms with van der Waals surface area (Å²) in [6.45, 7) is 4.14. The van der Waals surface area contributed by atoms with Crippen LogP contribution in [0.1, 0.15) is 18.1 Å². The molecule has 0 heterocycles. The van der Waals surface area contributed by atoms with Crippen LogP contribution in [-0.4, -0.2) is 7.11 Å². The lowest BCUT2D eigenvalue weighted by molar-refractivity contribution is 0.409. The number of ether oxygens (including phenoxy) is 1. The average molecular weight is 182 g/mol. The van der Waals surface area contributed by atoms with Gasteiger partial charge < -0.3 is 4.74 Å². The highest BCUT2D eigenvalue weighted by Gasteiger charge is 2.03. The standard InChI is InChI=1S/C10H14OS/c1-4-8-6-10(12)7(2)5-9(8)11-3/h5-6,12H,4H2,1-3H3. The minimum Gasteiger partial charge on any atom is -0.496 e. The molecule has 0 aliphatic carbocycles. The molecule has 0 spiro atoms. The highest BCUT2D eigenvalue weighted by molar-refractivity contribution is 7.80. The molecule has 66 valence electrons. The quantitative estimate of drug-likeness (QED) is 0.692. The van der Waals surface area contributed by atoms with Crippen LogP contribution in [0.25, 0.3) is 0 Å². The monoisotopic (exact) mass is 182 g/mol. The summed E-state index contributed by atoms with van der Waals surface area (Å²) in [7, 11) is 1.70. The summed E-state index contributed by atoms with van der Waals surface area (Å²) in [6, 6.07) is 4.10. The molecular weight excluding hydrogens is 168 g/mol. The van der Waals surface area contributed by atoms with Gasteiger partial charge in [-0.25, -0.2) is 0 Å². The van der Waals surface area contributed by atoms with E-state index < -0.39 is 0 Å². The molecular formula is C10H14OS. The minimum absolute atomic E-state index is 0.966. The van der Waals surface area contributed by atoms with Gasteiger partial charge in [0.25, 0.3) is 0 Å². The zero-order chi connectivity index (χ0) is 9.14. The van der Waals surface area contributed by atoms with Crippen molar-refractivity contribution in [1.82, 2.24) is 0 Å². The van der Waals surface area contributed by atoms with Crippen LogP contribution in [0.4, 0.5) is 0 Å². The van der Waals surface area contributed by atoms with Crippen LogP contribution >= 0.6 is 12.6 Å². The van der Waals surface area contributed by atoms with Crippen LogP contribution < -0.4 is 4.74 Å². The Kier molecular flexibility index (Phi) is 3.04. The Labute approximate surface area is 79.2 Å². The fraction of sp³-hybridized carbons (Fsp3) is 0.400. The highest BCUT2D eigenvalue weighted by Crippen LogP contribution is 2.25. The third-order valence-electron chi connectivity index (χ3n) is 1.98. The molecule has 0 aliphatic rings. The molecule has 0 N–H and O–H groups in total. The van der Waals surface area contributed by atoms with E-state index in [4.69, 9.17) is 4.74 Å². The van der Waals surface area contributed by atoms with Crippen molar-refractivity contribution in [3.8, 4) is 5.75 Å². The number of aryl methyl sites for hydroxylation is 2. The highest BCUT2D eigenvalue weighted by atomic mass is 32.1. The molecule has 0 radical (unpaired) electrons. The van der Waals surface area contributed by atoms with E-state index in [-0.39, 0.29) is 0 Å². The van der Waals surface area contributed by atoms with Gasteiger partial charge in [0.2, 0.25) is 0 Å². The predicted molar refractivity (Wildman–Crippen MR) is 54.4 cm³/mol. The molecule has 1 rings (SSSR count). The molecule has 0 saturated heterocycles. The van der Waals surface area contributed by atoms with Crippen LogP contribution in [0.3, 0.4) is 0 Å². The largest absolute Gasteiger partial charge is 0.496 e. The Balaban J connectivity index is 3.19. The second-order valence-corrected chi connectivity index (χ2v) is 3.29. The Morgan fingerprint density at radius 3 is 2.58 bits per heavy atom. The Bertz CT molecular complexity index is 252. The second kappa shape index (κ2) is 3.85. The molecule has 2 heteroatoms. The predicted octanol–water partition coefficient (Wildman–Crippen LogP) is 2.85. The van der Waals surface area contributed by atoms with Crippen LogP contribution in [0.15, 0.2) is 17.0 Å². The first kappa shape index (κ1) is 9.46. The van der Waals surface area contributed by atoms with E-state index in [2.05, 4.69) is 25.6 Å². The summed E-state index contributed by atoms with van der Waals surface area (Å²) in [6.07, 6.45) is 0.983. The van der Waals surface area contributed by atoms with E-state index in [1.165, 1.54) is 5.56 Å². The molecule has 0 atom stereocenters. The first-order valence-electron chi connectivity index (χ1n) is 4.05. The number of thiol groups is 1. The third-order valence-corrected chi connectivity index (χ3v) is 2.46. The lowest BCUT2D eigenvalue weighted by atomic mass is 10.1. The minimum atomic E-state index is 0.966. The number of methoxy groups -OCH3 is 1. The van der Waals surface area contributed by atoms with E-state index in [1.54, 1.807) is 7.11 Å². The maximum atomic E-state index is 5.24. The molecule has 1 aromatic carbocycles. The molecule has 0 bridgehead atoms. The molecule has 0 aromatic heterocycles. The van der Waals surface area contributed by atoms with Gasteiger partial charge >= 0.3 is 0 Å². The van der Waals surface area contributed by atoms with Crippen molar-refractivity contribution < 1.29 is 4.74 Å². The molecule has 0 unspecified atom stereocenters. The van der Waals surface area contributed by atoms with Gasteiger partial charge in [0.05, 0.1) is 7.11 Å². The van der Waals surface area contributed by atoms with Gasteiger partial charge in [-0.2, -0.15) is 0 Å². The molecule has 1 nitrogen and oxygen atoms in total. The van der Waals surface area contributed by atoms with Gasteiger partial charge in [-0.05, 0) is 36.6 Å². The molecule has 0 aliphatic heterocycles. The van der Waals surface area contributed by atoms with Gasteiger partial charge in [0, 0.05) is 4.90 Å². The zero-order valence-electron chi connectivity index (χ0n) is 7.72. The number of hydrogen-bond donors (Lipinski definition) is 1. The maximum absolute atomic E-state index is 5.24. The van der Waals surface area contributed by atoms with E-state index in [0.29, 0.717) is 0 Å². The third kappa shape index (κ3) is 1.75. The molecule has 12 heavy (non-hydrogen) atoms. The van der Waals surface area contributed by atoms with Crippen molar-refractivity contribution in [3.05, 3.63) is 23.3 Å². The van der Waals surface area contributed by atoms with Crippen molar-refractivity contribution in [2.45, 2.75) is 25.2 Å². The van der Waals surface area contributed by atoms with E-state index in [9.17, 15) is 0 Å². The Hall–Kier alpha value is -0.630. The first-order chi connectivity index (χ1) is 5.69. The van der Waals surface area contributed by atoms with Crippen LogP contribution in [0, 0.1) is 6.92 Å². The number of rotatable bonds is 2. The van der Waals surface area contributed by atoms with E-state index in [0.717, 1.165) is 22.6 Å². The normalized spacial score (nSPS) is 10.0. The molecule has 0 fully saturated rings. The van der Waals surface area contributed by atoms with Crippen molar-refractivity contribution in [1.29, 1.82) is 0 Å². The van der Waals surface area contributed by atoms with Crippen molar-refractivity contribution in [2.24, 2.45) is 0 Å². The van der Waals surface area contributed by atoms with Crippen molar-refractivity contribution in [2.75, 3.05) is 7.11 Å². The summed E-state index contributed by atoms with van der Waals surface area (Å²) < 4.78 is 5.24. The maximum Gasteiger partial charge on any atom is 0.122 e. The van der Waals surface area contributed by atoms with Crippen LogP contribution in [-0.2, 0) is 6.42 Å². The van der Waals surface area contributed by atoms with E-state index in [1.807, 2.05) is 13.0 Å². The summed E-state index contributed by atoms with van der Waals surface area (Å²) in [4.78, 5) is 1.03. The fourth-order valence-electron chi connectivity index (χ4n) is 1.18.